The van der Waals surface area contributed by atoms with Gasteiger partial charge in [0.2, 0.25) is 0 Å². The smallest absolute Gasteiger partial charge is 0.274 e. The molecule has 4 heterocycles. The van der Waals surface area contributed by atoms with E-state index in [4.69, 9.17) is 5.73 Å². The van der Waals surface area contributed by atoms with Crippen LogP contribution >= 0.6 is 0 Å². The van der Waals surface area contributed by atoms with Crippen LogP contribution in [0.2, 0.25) is 0 Å². The quantitative estimate of drug-likeness (QED) is 0.478. The van der Waals surface area contributed by atoms with Gasteiger partial charge in [0.15, 0.2) is 11.5 Å². The highest BCUT2D eigenvalue weighted by Crippen LogP contribution is 2.37. The SMILES string of the molecule is CC1(C)Cc2c(-c3cccc(-c4cnc(N)c(C(=O)N[C@@H]5CNCC[C@H]5O)n4)c3)cnn2C1. The highest BCUT2D eigenvalue weighted by Gasteiger charge is 2.31. The number of nitrogens with one attached hydrogen (secondary N) is 2. The van der Waals surface area contributed by atoms with E-state index in [1.165, 1.54) is 5.69 Å². The number of rotatable bonds is 4. The Morgan fingerprint density at radius 2 is 2.12 bits per heavy atom. The summed E-state index contributed by atoms with van der Waals surface area (Å²) in [7, 11) is 0. The standard InChI is InChI=1S/C24H29N7O2/c1-24(2)9-19-16(10-28-31(19)13-24)14-4-3-5-15(8-14)17-12-27-22(25)21(29-17)23(33)30-18-11-26-7-6-20(18)32/h3-5,8,10,12,18,20,26,32H,6-7,9,11,13H2,1-2H3,(H2,25,27)(H,30,33)/t18-,20-/m1/s1. The number of nitrogen functional groups attached to an aromatic ring is 1. The molecule has 9 nitrogen and oxygen atoms in total. The van der Waals surface area contributed by atoms with Crippen molar-refractivity contribution in [3.63, 3.8) is 0 Å². The van der Waals surface area contributed by atoms with Crippen molar-refractivity contribution in [3.05, 3.63) is 48.0 Å². The molecule has 5 rings (SSSR count). The Kier molecular flexibility index (Phi) is 5.38. The number of aliphatic hydroxyl groups is 1. The lowest BCUT2D eigenvalue weighted by Crippen LogP contribution is -2.53. The van der Waals surface area contributed by atoms with Crippen molar-refractivity contribution in [2.24, 2.45) is 5.41 Å². The van der Waals surface area contributed by atoms with Crippen molar-refractivity contribution < 1.29 is 9.90 Å². The first-order valence-electron chi connectivity index (χ1n) is 11.3. The van der Waals surface area contributed by atoms with Gasteiger partial charge >= 0.3 is 0 Å². The average molecular weight is 448 g/mol. The summed E-state index contributed by atoms with van der Waals surface area (Å²) in [5, 5.41) is 20.7. The molecule has 1 aromatic carbocycles. The molecule has 1 amide bonds. The summed E-state index contributed by atoms with van der Waals surface area (Å²) >= 11 is 0. The second-order valence-corrected chi connectivity index (χ2v) is 9.71. The molecule has 2 aromatic heterocycles. The molecule has 0 radical (unpaired) electrons. The Bertz CT molecular complexity index is 1200. The number of anilines is 1. The van der Waals surface area contributed by atoms with E-state index in [0.29, 0.717) is 18.7 Å². The van der Waals surface area contributed by atoms with Crippen molar-refractivity contribution in [3.8, 4) is 22.4 Å². The van der Waals surface area contributed by atoms with Gasteiger partial charge in [0, 0.05) is 29.9 Å². The molecule has 2 aliphatic heterocycles. The van der Waals surface area contributed by atoms with Crippen LogP contribution in [-0.2, 0) is 13.0 Å². The minimum absolute atomic E-state index is 0.0577. The van der Waals surface area contributed by atoms with Crippen LogP contribution in [0.5, 0.6) is 0 Å². The zero-order valence-electron chi connectivity index (χ0n) is 18.9. The summed E-state index contributed by atoms with van der Waals surface area (Å²) in [5.74, 6) is -0.384. The molecule has 1 saturated heterocycles. The zero-order chi connectivity index (χ0) is 23.2. The van der Waals surface area contributed by atoms with E-state index in [9.17, 15) is 9.90 Å². The van der Waals surface area contributed by atoms with E-state index in [-0.39, 0.29) is 16.9 Å². The summed E-state index contributed by atoms with van der Waals surface area (Å²) in [6.07, 6.45) is 4.44. The van der Waals surface area contributed by atoms with Crippen LogP contribution in [-0.4, -0.2) is 56.0 Å². The van der Waals surface area contributed by atoms with Gasteiger partial charge in [0.25, 0.3) is 5.91 Å². The summed E-state index contributed by atoms with van der Waals surface area (Å²) in [4.78, 5) is 21.6. The summed E-state index contributed by atoms with van der Waals surface area (Å²) in [5.41, 5.74) is 11.0. The van der Waals surface area contributed by atoms with E-state index >= 15 is 0 Å². The number of benzene rings is 1. The van der Waals surface area contributed by atoms with Crippen LogP contribution < -0.4 is 16.4 Å². The first-order chi connectivity index (χ1) is 15.8. The minimum atomic E-state index is -0.605. The van der Waals surface area contributed by atoms with Crippen LogP contribution in [0, 0.1) is 5.41 Å². The topological polar surface area (TPSA) is 131 Å². The second-order valence-electron chi connectivity index (χ2n) is 9.71. The van der Waals surface area contributed by atoms with Gasteiger partial charge in [-0.3, -0.25) is 9.48 Å². The number of hydrogen-bond acceptors (Lipinski definition) is 7. The van der Waals surface area contributed by atoms with Gasteiger partial charge in [-0.2, -0.15) is 5.10 Å². The van der Waals surface area contributed by atoms with Gasteiger partial charge in [-0.05, 0) is 36.4 Å². The first-order valence-corrected chi connectivity index (χ1v) is 11.3. The number of nitrogens with two attached hydrogens (primary N) is 1. The molecule has 0 spiro atoms. The van der Waals surface area contributed by atoms with E-state index < -0.39 is 18.1 Å². The van der Waals surface area contributed by atoms with Crippen molar-refractivity contribution in [1.82, 2.24) is 30.4 Å². The fourth-order valence-electron chi connectivity index (χ4n) is 4.67. The van der Waals surface area contributed by atoms with Gasteiger partial charge in [-0.25, -0.2) is 9.97 Å². The molecule has 0 unspecified atom stereocenters. The Morgan fingerprint density at radius 3 is 2.94 bits per heavy atom. The molecule has 2 atom stereocenters. The molecule has 5 N–H and O–H groups in total. The number of hydrogen-bond donors (Lipinski definition) is 4. The number of carbonyl (C=O) groups excluding carboxylic acids is 1. The lowest BCUT2D eigenvalue weighted by molar-refractivity contribution is 0.0751. The maximum atomic E-state index is 12.9. The van der Waals surface area contributed by atoms with Crippen LogP contribution in [0.1, 0.15) is 36.5 Å². The van der Waals surface area contributed by atoms with Gasteiger partial charge < -0.3 is 21.5 Å². The third-order valence-electron chi connectivity index (χ3n) is 6.42. The third kappa shape index (κ3) is 4.21. The number of amides is 1. The number of aliphatic hydroxyl groups excluding tert-OH is 1. The molecule has 9 heteroatoms. The molecule has 172 valence electrons. The van der Waals surface area contributed by atoms with Gasteiger partial charge in [-0.15, -0.1) is 0 Å². The maximum Gasteiger partial charge on any atom is 0.274 e. The highest BCUT2D eigenvalue weighted by molar-refractivity contribution is 5.97. The van der Waals surface area contributed by atoms with Gasteiger partial charge in [-0.1, -0.05) is 32.0 Å². The number of nitrogens with zero attached hydrogens (tertiary/aromatic N) is 4. The van der Waals surface area contributed by atoms with Crippen LogP contribution in [0.15, 0.2) is 36.7 Å². The molecule has 0 bridgehead atoms. The van der Waals surface area contributed by atoms with E-state index in [2.05, 4.69) is 50.3 Å². The second kappa shape index (κ2) is 8.24. The van der Waals surface area contributed by atoms with Crippen LogP contribution in [0.3, 0.4) is 0 Å². The van der Waals surface area contributed by atoms with Gasteiger partial charge in [0.1, 0.15) is 0 Å². The average Bonchev–Trinajstić information content (AvgIpc) is 3.30. The molecular weight excluding hydrogens is 418 g/mol. The molecule has 2 aliphatic rings. The van der Waals surface area contributed by atoms with Crippen LogP contribution in [0.25, 0.3) is 22.4 Å². The normalized spacial score (nSPS) is 21.5. The number of piperidine rings is 1. The summed E-state index contributed by atoms with van der Waals surface area (Å²) < 4.78 is 2.09. The summed E-state index contributed by atoms with van der Waals surface area (Å²) in [6, 6.07) is 7.61. The fourth-order valence-corrected chi connectivity index (χ4v) is 4.67. The molecule has 1 fully saturated rings. The van der Waals surface area contributed by atoms with E-state index in [1.807, 2.05) is 24.4 Å². The van der Waals surface area contributed by atoms with E-state index in [1.54, 1.807) is 6.20 Å². The number of aromatic nitrogens is 4. The Balaban J connectivity index is 1.43. The zero-order valence-corrected chi connectivity index (χ0v) is 18.9. The predicted molar refractivity (Wildman–Crippen MR) is 125 cm³/mol. The molecule has 3 aromatic rings. The van der Waals surface area contributed by atoms with Crippen molar-refractivity contribution in [2.75, 3.05) is 18.8 Å². The third-order valence-corrected chi connectivity index (χ3v) is 6.42. The Morgan fingerprint density at radius 1 is 1.30 bits per heavy atom. The van der Waals surface area contributed by atoms with Crippen LogP contribution in [0.4, 0.5) is 5.82 Å². The van der Waals surface area contributed by atoms with E-state index in [0.717, 1.165) is 36.2 Å². The number of fused-ring (bicyclic) bond motifs is 1. The van der Waals surface area contributed by atoms with Crippen molar-refractivity contribution in [2.45, 2.75) is 45.4 Å². The first kappa shape index (κ1) is 21.5. The largest absolute Gasteiger partial charge is 0.391 e. The lowest BCUT2D eigenvalue weighted by Gasteiger charge is -2.29. The van der Waals surface area contributed by atoms with Gasteiger partial charge in [0.05, 0.1) is 30.2 Å². The maximum absolute atomic E-state index is 12.9. The van der Waals surface area contributed by atoms with Crippen molar-refractivity contribution >= 4 is 11.7 Å². The fraction of sp³-hybridized carbons (Fsp3) is 0.417. The molecule has 0 aliphatic carbocycles. The summed E-state index contributed by atoms with van der Waals surface area (Å²) in [6.45, 7) is 6.63. The Labute approximate surface area is 192 Å². The minimum Gasteiger partial charge on any atom is -0.391 e. The molecule has 33 heavy (non-hydrogen) atoms. The van der Waals surface area contributed by atoms with Crippen molar-refractivity contribution in [1.29, 1.82) is 0 Å². The number of carbonyl (C=O) groups is 1. The molecule has 0 saturated carbocycles. The molecular formula is C24H29N7O2. The predicted octanol–water partition coefficient (Wildman–Crippen LogP) is 1.62. The monoisotopic (exact) mass is 447 g/mol. The Hall–Kier alpha value is -3.30. The highest BCUT2D eigenvalue weighted by atomic mass is 16.3. The lowest BCUT2D eigenvalue weighted by atomic mass is 9.89.